The smallest absolute Gasteiger partial charge is 0.299 e. The van der Waals surface area contributed by atoms with Crippen molar-refractivity contribution in [1.82, 2.24) is 24.7 Å². The lowest BCUT2D eigenvalue weighted by Crippen LogP contribution is -2.04. The number of fused-ring (bicyclic) bond motifs is 1. The molecule has 0 radical (unpaired) electrons. The average Bonchev–Trinajstić information content (AvgIpc) is 3.39. The quantitative estimate of drug-likeness (QED) is 0.275. The number of halogens is 3. The van der Waals surface area contributed by atoms with Crippen LogP contribution in [0.2, 0.25) is 15.2 Å². The van der Waals surface area contributed by atoms with Gasteiger partial charge in [-0.2, -0.15) is 4.98 Å². The second-order valence-corrected chi connectivity index (χ2v) is 8.53. The zero-order valence-electron chi connectivity index (χ0n) is 17.1. The molecule has 0 spiro atoms. The summed E-state index contributed by atoms with van der Waals surface area (Å²) in [6.07, 6.45) is 3.10. The normalized spacial score (nSPS) is 11.3. The summed E-state index contributed by atoms with van der Waals surface area (Å²) >= 11 is 19.2. The molecule has 0 amide bonds. The Morgan fingerprint density at radius 3 is 2.58 bits per heavy atom. The van der Waals surface area contributed by atoms with Gasteiger partial charge in [0.25, 0.3) is 11.7 Å². The highest BCUT2D eigenvalue weighted by molar-refractivity contribution is 6.37. The van der Waals surface area contributed by atoms with Gasteiger partial charge < -0.3 is 9.09 Å². The van der Waals surface area contributed by atoms with Gasteiger partial charge in [0.15, 0.2) is 0 Å². The minimum absolute atomic E-state index is 0.114. The molecule has 3 aromatic heterocycles. The Morgan fingerprint density at radius 2 is 1.82 bits per heavy atom. The predicted molar refractivity (Wildman–Crippen MR) is 126 cm³/mol. The number of ketones is 1. The third kappa shape index (κ3) is 3.99. The minimum Gasteiger partial charge on any atom is -0.330 e. The van der Waals surface area contributed by atoms with Gasteiger partial charge in [0, 0.05) is 27.8 Å². The third-order valence-corrected chi connectivity index (χ3v) is 6.09. The van der Waals surface area contributed by atoms with E-state index in [0.29, 0.717) is 22.0 Å². The van der Waals surface area contributed by atoms with E-state index in [9.17, 15) is 4.79 Å². The van der Waals surface area contributed by atoms with Crippen LogP contribution >= 0.6 is 34.8 Å². The maximum absolute atomic E-state index is 13.4. The second kappa shape index (κ2) is 8.59. The second-order valence-electron chi connectivity index (χ2n) is 7.33. The van der Waals surface area contributed by atoms with E-state index < -0.39 is 5.78 Å². The fraction of sp³-hybridized carbons (Fsp3) is 0.0870. The van der Waals surface area contributed by atoms with Crippen LogP contribution < -0.4 is 0 Å². The lowest BCUT2D eigenvalue weighted by Gasteiger charge is -2.10. The van der Waals surface area contributed by atoms with Crippen LogP contribution in [-0.2, 0) is 6.54 Å². The van der Waals surface area contributed by atoms with Gasteiger partial charge in [-0.25, -0.2) is 9.97 Å². The van der Waals surface area contributed by atoms with Gasteiger partial charge in [0.05, 0.1) is 17.6 Å². The molecule has 0 aliphatic rings. The predicted octanol–water partition coefficient (Wildman–Crippen LogP) is 6.03. The van der Waals surface area contributed by atoms with Gasteiger partial charge in [0.1, 0.15) is 5.15 Å². The Labute approximate surface area is 202 Å². The number of nitrogens with zero attached hydrogens (tertiary/aromatic N) is 5. The van der Waals surface area contributed by atoms with Gasteiger partial charge in [-0.1, -0.05) is 57.7 Å². The first-order chi connectivity index (χ1) is 15.9. The first-order valence-corrected chi connectivity index (χ1v) is 10.9. The number of benzene rings is 2. The van der Waals surface area contributed by atoms with Crippen LogP contribution in [-0.4, -0.2) is 30.5 Å². The van der Waals surface area contributed by atoms with Crippen molar-refractivity contribution in [3.8, 4) is 11.6 Å². The molecule has 0 saturated heterocycles. The summed E-state index contributed by atoms with van der Waals surface area (Å²) in [5, 5.41) is 5.79. The van der Waals surface area contributed by atoms with E-state index in [-0.39, 0.29) is 28.3 Å². The van der Waals surface area contributed by atoms with E-state index in [1.807, 2.05) is 35.8 Å². The van der Waals surface area contributed by atoms with Gasteiger partial charge in [-0.05, 0) is 42.8 Å². The molecule has 0 aliphatic heterocycles. The molecule has 0 atom stereocenters. The van der Waals surface area contributed by atoms with Crippen molar-refractivity contribution in [2.24, 2.45) is 0 Å². The SMILES string of the molecule is Cc1ccc2c(c1)c(C(=O)c1nc(-c3ncccn3)no1)c(Cl)n2Cc1ccc(Cl)cc1Cl. The highest BCUT2D eigenvalue weighted by Crippen LogP contribution is 2.34. The van der Waals surface area contributed by atoms with Gasteiger partial charge in [0.2, 0.25) is 11.6 Å². The maximum Gasteiger partial charge on any atom is 0.299 e. The van der Waals surface area contributed by atoms with Crippen molar-refractivity contribution in [2.45, 2.75) is 13.5 Å². The number of hydrogen-bond acceptors (Lipinski definition) is 6. The molecule has 0 bridgehead atoms. The maximum atomic E-state index is 13.4. The summed E-state index contributed by atoms with van der Waals surface area (Å²) in [5.74, 6) is -0.333. The zero-order valence-corrected chi connectivity index (χ0v) is 19.4. The third-order valence-electron chi connectivity index (χ3n) is 5.11. The molecule has 5 rings (SSSR count). The number of aryl methyl sites for hydroxylation is 1. The van der Waals surface area contributed by atoms with Crippen LogP contribution in [0.25, 0.3) is 22.6 Å². The summed E-state index contributed by atoms with van der Waals surface area (Å²) in [6, 6.07) is 12.7. The fourth-order valence-corrected chi connectivity index (χ4v) is 4.36. The summed E-state index contributed by atoms with van der Waals surface area (Å²) in [7, 11) is 0. The Balaban J connectivity index is 1.61. The molecule has 0 aliphatic carbocycles. The number of rotatable bonds is 5. The molecule has 0 saturated carbocycles. The highest BCUT2D eigenvalue weighted by atomic mass is 35.5. The minimum atomic E-state index is -0.494. The van der Waals surface area contributed by atoms with Crippen LogP contribution in [0, 0.1) is 6.92 Å². The Morgan fingerprint density at radius 1 is 1.03 bits per heavy atom. The Kier molecular flexibility index (Phi) is 5.62. The fourth-order valence-electron chi connectivity index (χ4n) is 3.56. The summed E-state index contributed by atoms with van der Waals surface area (Å²) in [4.78, 5) is 25.8. The van der Waals surface area contributed by atoms with Crippen molar-refractivity contribution in [3.63, 3.8) is 0 Å². The number of carbonyl (C=O) groups excluding carboxylic acids is 1. The molecule has 7 nitrogen and oxygen atoms in total. The number of hydrogen-bond donors (Lipinski definition) is 0. The molecule has 0 N–H and O–H groups in total. The van der Waals surface area contributed by atoms with Gasteiger partial charge in [-0.3, -0.25) is 4.79 Å². The van der Waals surface area contributed by atoms with Crippen molar-refractivity contribution >= 4 is 51.5 Å². The van der Waals surface area contributed by atoms with E-state index in [4.69, 9.17) is 39.3 Å². The highest BCUT2D eigenvalue weighted by Gasteiger charge is 2.27. The lowest BCUT2D eigenvalue weighted by molar-refractivity contribution is 0.0995. The monoisotopic (exact) mass is 497 g/mol. The number of aromatic nitrogens is 5. The largest absolute Gasteiger partial charge is 0.330 e. The first kappa shape index (κ1) is 21.6. The summed E-state index contributed by atoms with van der Waals surface area (Å²) in [6.45, 7) is 2.28. The van der Waals surface area contributed by atoms with E-state index in [0.717, 1.165) is 16.6 Å². The number of carbonyl (C=O) groups is 1. The molecular formula is C23H14Cl3N5O2. The van der Waals surface area contributed by atoms with Crippen LogP contribution in [0.3, 0.4) is 0 Å². The van der Waals surface area contributed by atoms with Crippen molar-refractivity contribution in [3.05, 3.63) is 92.6 Å². The molecule has 5 aromatic rings. The Hall–Kier alpha value is -3.26. The Bertz CT molecular complexity index is 1510. The summed E-state index contributed by atoms with van der Waals surface area (Å²) in [5.41, 5.74) is 2.82. The molecule has 33 heavy (non-hydrogen) atoms. The van der Waals surface area contributed by atoms with E-state index in [1.165, 1.54) is 0 Å². The van der Waals surface area contributed by atoms with E-state index in [2.05, 4.69) is 20.1 Å². The molecule has 0 fully saturated rings. The zero-order chi connectivity index (χ0) is 23.1. The molecule has 3 heterocycles. The topological polar surface area (TPSA) is 86.7 Å². The van der Waals surface area contributed by atoms with E-state index >= 15 is 0 Å². The summed E-state index contributed by atoms with van der Waals surface area (Å²) < 4.78 is 7.05. The standard InChI is InChI=1S/C23H14Cl3N5O2/c1-12-3-6-17-15(9-12)18(20(26)31(17)11-13-4-5-14(24)10-16(13)25)19(32)23-29-22(30-33-23)21-27-7-2-8-28-21/h2-10H,11H2,1H3. The molecule has 10 heteroatoms. The van der Waals surface area contributed by atoms with E-state index in [1.54, 1.807) is 30.6 Å². The van der Waals surface area contributed by atoms with Crippen LogP contribution in [0.1, 0.15) is 27.4 Å². The van der Waals surface area contributed by atoms with Crippen molar-refractivity contribution < 1.29 is 9.32 Å². The van der Waals surface area contributed by atoms with Crippen LogP contribution in [0.4, 0.5) is 0 Å². The lowest BCUT2D eigenvalue weighted by atomic mass is 10.1. The van der Waals surface area contributed by atoms with Crippen molar-refractivity contribution in [2.75, 3.05) is 0 Å². The molecular weight excluding hydrogens is 485 g/mol. The van der Waals surface area contributed by atoms with Gasteiger partial charge in [-0.15, -0.1) is 0 Å². The average molecular weight is 499 g/mol. The molecule has 0 unspecified atom stereocenters. The molecule has 2 aromatic carbocycles. The van der Waals surface area contributed by atoms with Crippen molar-refractivity contribution in [1.29, 1.82) is 0 Å². The molecule has 164 valence electrons. The van der Waals surface area contributed by atoms with Crippen LogP contribution in [0.15, 0.2) is 59.4 Å². The van der Waals surface area contributed by atoms with Gasteiger partial charge >= 0.3 is 0 Å². The van der Waals surface area contributed by atoms with Crippen LogP contribution in [0.5, 0.6) is 0 Å². The first-order valence-electron chi connectivity index (χ1n) is 9.80.